The second-order valence-electron chi connectivity index (χ2n) is 7.11. The van der Waals surface area contributed by atoms with Crippen LogP contribution < -0.4 is 5.32 Å². The van der Waals surface area contributed by atoms with E-state index in [1.165, 1.54) is 44.1 Å². The normalized spacial score (nSPS) is 16.4. The molecule has 3 aromatic carbocycles. The molecule has 0 fully saturated rings. The highest BCUT2D eigenvalue weighted by molar-refractivity contribution is 5.89. The van der Waals surface area contributed by atoms with E-state index in [0.717, 1.165) is 19.4 Å². The van der Waals surface area contributed by atoms with Gasteiger partial charge in [-0.05, 0) is 59.8 Å². The summed E-state index contributed by atoms with van der Waals surface area (Å²) in [7, 11) is 0. The molecule has 1 aromatic heterocycles. The van der Waals surface area contributed by atoms with Crippen molar-refractivity contribution in [2.75, 3.05) is 6.54 Å². The highest BCUT2D eigenvalue weighted by Gasteiger charge is 2.25. The fourth-order valence-corrected chi connectivity index (χ4v) is 4.42. The van der Waals surface area contributed by atoms with Gasteiger partial charge in [0.25, 0.3) is 0 Å². The molecule has 2 nitrogen and oxygen atoms in total. The zero-order valence-electron chi connectivity index (χ0n) is 14.9. The molecule has 3 heteroatoms. The second kappa shape index (κ2) is 6.79. The van der Waals surface area contributed by atoms with Gasteiger partial charge in [-0.15, -0.1) is 12.4 Å². The molecule has 0 saturated carbocycles. The number of nitrogens with one attached hydrogen (secondary N) is 2. The van der Waals surface area contributed by atoms with Gasteiger partial charge in [0.15, 0.2) is 0 Å². The summed E-state index contributed by atoms with van der Waals surface area (Å²) in [5.74, 6) is 0. The van der Waals surface area contributed by atoms with Crippen molar-refractivity contribution in [3.63, 3.8) is 0 Å². The van der Waals surface area contributed by atoms with Gasteiger partial charge in [0.05, 0.1) is 6.04 Å². The highest BCUT2D eigenvalue weighted by Crippen LogP contribution is 2.34. The van der Waals surface area contributed by atoms with Crippen LogP contribution in [0.4, 0.5) is 0 Å². The summed E-state index contributed by atoms with van der Waals surface area (Å²) in [4.78, 5) is 3.71. The molecule has 0 spiro atoms. The van der Waals surface area contributed by atoms with Gasteiger partial charge in [0, 0.05) is 16.6 Å². The lowest BCUT2D eigenvalue weighted by atomic mass is 9.92. The van der Waals surface area contributed by atoms with Gasteiger partial charge in [-0.2, -0.15) is 0 Å². The van der Waals surface area contributed by atoms with E-state index >= 15 is 0 Å². The van der Waals surface area contributed by atoms with Crippen molar-refractivity contribution >= 4 is 34.1 Å². The summed E-state index contributed by atoms with van der Waals surface area (Å²) in [5, 5.41) is 7.86. The zero-order chi connectivity index (χ0) is 16.8. The van der Waals surface area contributed by atoms with E-state index in [4.69, 9.17) is 0 Å². The predicted molar refractivity (Wildman–Crippen MR) is 112 cm³/mol. The number of fused-ring (bicyclic) bond motifs is 4. The molecule has 4 aromatic rings. The number of halogens is 1. The molecule has 132 valence electrons. The van der Waals surface area contributed by atoms with Crippen molar-refractivity contribution in [2.24, 2.45) is 0 Å². The van der Waals surface area contributed by atoms with Crippen molar-refractivity contribution in [2.45, 2.75) is 25.8 Å². The topological polar surface area (TPSA) is 27.8 Å². The quantitative estimate of drug-likeness (QED) is 0.485. The molecule has 0 amide bonds. The average molecular weight is 363 g/mol. The Morgan fingerprint density at radius 1 is 0.962 bits per heavy atom. The number of aromatic amines is 1. The summed E-state index contributed by atoms with van der Waals surface area (Å²) in [6.45, 7) is 3.27. The maximum Gasteiger partial charge on any atom is 0.0517 e. The van der Waals surface area contributed by atoms with Gasteiger partial charge in [0.1, 0.15) is 0 Å². The van der Waals surface area contributed by atoms with Crippen LogP contribution in [-0.2, 0) is 12.8 Å². The average Bonchev–Trinajstić information content (AvgIpc) is 3.03. The van der Waals surface area contributed by atoms with E-state index in [0.29, 0.717) is 6.04 Å². The Hall–Kier alpha value is -2.29. The van der Waals surface area contributed by atoms with Crippen molar-refractivity contribution in [3.8, 4) is 0 Å². The van der Waals surface area contributed by atoms with Crippen LogP contribution >= 0.6 is 12.4 Å². The van der Waals surface area contributed by atoms with Gasteiger partial charge < -0.3 is 10.3 Å². The minimum Gasteiger partial charge on any atom is -0.357 e. The molecule has 1 atom stereocenters. The Balaban J connectivity index is 0.00000168. The first kappa shape index (κ1) is 17.1. The van der Waals surface area contributed by atoms with Gasteiger partial charge in [0.2, 0.25) is 0 Å². The molecule has 0 saturated heterocycles. The smallest absolute Gasteiger partial charge is 0.0517 e. The number of hydrogen-bond donors (Lipinski definition) is 2. The number of aromatic nitrogens is 1. The van der Waals surface area contributed by atoms with E-state index in [1.54, 1.807) is 0 Å². The van der Waals surface area contributed by atoms with E-state index < -0.39 is 0 Å². The maximum atomic E-state index is 3.74. The lowest BCUT2D eigenvalue weighted by molar-refractivity contribution is 0.496. The van der Waals surface area contributed by atoms with Gasteiger partial charge in [-0.25, -0.2) is 0 Å². The Morgan fingerprint density at radius 2 is 1.77 bits per heavy atom. The molecular weight excluding hydrogens is 340 g/mol. The number of rotatable bonds is 2. The van der Waals surface area contributed by atoms with E-state index in [9.17, 15) is 0 Å². The fraction of sp³-hybridized carbons (Fsp3) is 0.217. The Bertz CT molecular complexity index is 1070. The first-order valence-electron chi connectivity index (χ1n) is 9.11. The minimum absolute atomic E-state index is 0. The van der Waals surface area contributed by atoms with Gasteiger partial charge >= 0.3 is 0 Å². The molecule has 2 N–H and O–H groups in total. The van der Waals surface area contributed by atoms with Crippen molar-refractivity contribution < 1.29 is 0 Å². The maximum absolute atomic E-state index is 3.74. The summed E-state index contributed by atoms with van der Waals surface area (Å²) < 4.78 is 0. The highest BCUT2D eigenvalue weighted by atomic mass is 35.5. The molecule has 1 aliphatic heterocycles. The number of H-pyrrole nitrogens is 1. The second-order valence-corrected chi connectivity index (χ2v) is 7.11. The van der Waals surface area contributed by atoms with E-state index in [-0.39, 0.29) is 12.4 Å². The number of benzene rings is 3. The molecular formula is C23H23ClN2. The third kappa shape index (κ3) is 2.70. The molecule has 1 aliphatic rings. The largest absolute Gasteiger partial charge is 0.357 e. The molecule has 1 unspecified atom stereocenters. The zero-order valence-corrected chi connectivity index (χ0v) is 15.7. The van der Waals surface area contributed by atoms with Crippen molar-refractivity contribution in [1.29, 1.82) is 0 Å². The van der Waals surface area contributed by atoms with Crippen LogP contribution in [0.25, 0.3) is 21.7 Å². The van der Waals surface area contributed by atoms with Gasteiger partial charge in [-0.1, -0.05) is 54.6 Å². The Morgan fingerprint density at radius 3 is 2.69 bits per heavy atom. The number of hydrogen-bond acceptors (Lipinski definition) is 1. The van der Waals surface area contributed by atoms with Crippen LogP contribution in [0.2, 0.25) is 0 Å². The minimum atomic E-state index is 0. The summed E-state index contributed by atoms with van der Waals surface area (Å²) in [6, 6.07) is 22.3. The van der Waals surface area contributed by atoms with Crippen molar-refractivity contribution in [3.05, 3.63) is 83.0 Å². The van der Waals surface area contributed by atoms with E-state index in [2.05, 4.69) is 77.9 Å². The molecule has 2 heterocycles. The Kier molecular flexibility index (Phi) is 4.47. The van der Waals surface area contributed by atoms with Crippen LogP contribution in [0.3, 0.4) is 0 Å². The van der Waals surface area contributed by atoms with Crippen molar-refractivity contribution in [1.82, 2.24) is 10.3 Å². The van der Waals surface area contributed by atoms with Crippen LogP contribution in [0.5, 0.6) is 0 Å². The monoisotopic (exact) mass is 362 g/mol. The molecule has 0 aliphatic carbocycles. The van der Waals surface area contributed by atoms with E-state index in [1.807, 2.05) is 0 Å². The molecule has 0 radical (unpaired) electrons. The lowest BCUT2D eigenvalue weighted by Gasteiger charge is -2.25. The summed E-state index contributed by atoms with van der Waals surface area (Å²) >= 11 is 0. The fourth-order valence-electron chi connectivity index (χ4n) is 4.42. The third-order valence-corrected chi connectivity index (χ3v) is 5.59. The summed E-state index contributed by atoms with van der Waals surface area (Å²) in [5.41, 5.74) is 6.96. The van der Waals surface area contributed by atoms with Crippen LogP contribution in [0.15, 0.2) is 60.7 Å². The van der Waals surface area contributed by atoms with Crippen LogP contribution in [-0.4, -0.2) is 11.5 Å². The summed E-state index contributed by atoms with van der Waals surface area (Å²) in [6.07, 6.45) is 2.12. The lowest BCUT2D eigenvalue weighted by Crippen LogP contribution is -2.31. The SMILES string of the molecule is Cc1cccc2[nH]c3c(c12)CCNC3Cc1cccc2ccccc12.Cl. The molecule has 0 bridgehead atoms. The number of aryl methyl sites for hydroxylation is 1. The van der Waals surface area contributed by atoms with Crippen LogP contribution in [0, 0.1) is 6.92 Å². The first-order valence-corrected chi connectivity index (χ1v) is 9.11. The Labute approximate surface area is 160 Å². The molecule has 26 heavy (non-hydrogen) atoms. The molecule has 5 rings (SSSR count). The van der Waals surface area contributed by atoms with Gasteiger partial charge in [-0.3, -0.25) is 0 Å². The first-order chi connectivity index (χ1) is 12.3. The third-order valence-electron chi connectivity index (χ3n) is 5.59. The van der Waals surface area contributed by atoms with Crippen LogP contribution in [0.1, 0.15) is 28.4 Å². The standard InChI is InChI=1S/C23H22N2.ClH/c1-15-6-4-11-20-22(15)19-12-13-24-21(23(19)25-20)14-17-9-5-8-16-7-2-3-10-18(16)17;/h2-11,21,24-25H,12-14H2,1H3;1H. The predicted octanol–water partition coefficient (Wildman–Crippen LogP) is 5.48.